The molecule has 2 rings (SSSR count). The van der Waals surface area contributed by atoms with Gasteiger partial charge >= 0.3 is 0 Å². The maximum Gasteiger partial charge on any atom is 0.271 e. The van der Waals surface area contributed by atoms with Crippen molar-refractivity contribution in [2.45, 2.75) is 0 Å². The fourth-order valence-corrected chi connectivity index (χ4v) is 1.81. The lowest BCUT2D eigenvalue weighted by Gasteiger charge is -2.06. The first-order chi connectivity index (χ1) is 9.49. The third kappa shape index (κ3) is 3.01. The summed E-state index contributed by atoms with van der Waals surface area (Å²) in [5, 5.41) is 20.3. The zero-order chi connectivity index (χ0) is 14.7. The highest BCUT2D eigenvalue weighted by Gasteiger charge is 2.19. The summed E-state index contributed by atoms with van der Waals surface area (Å²) in [5.74, 6) is -0.475. The molecule has 1 amide bonds. The number of hydrogen-bond donors (Lipinski definition) is 1. The Balaban J connectivity index is 2.36. The van der Waals surface area contributed by atoms with Crippen LogP contribution in [0.1, 0.15) is 10.4 Å². The predicted molar refractivity (Wildman–Crippen MR) is 73.1 cm³/mol. The molecule has 20 heavy (non-hydrogen) atoms. The molecule has 0 unspecified atom stereocenters. The Labute approximate surface area is 122 Å². The minimum absolute atomic E-state index is 0.0707. The predicted octanol–water partition coefficient (Wildman–Crippen LogP) is 2.94. The lowest BCUT2D eigenvalue weighted by Crippen LogP contribution is -2.14. The second-order valence-electron chi connectivity index (χ2n) is 3.61. The van der Waals surface area contributed by atoms with E-state index in [1.807, 2.05) is 0 Å². The Morgan fingerprint density at radius 2 is 2.10 bits per heavy atom. The van der Waals surface area contributed by atoms with Gasteiger partial charge in [-0.2, -0.15) is 5.10 Å². The van der Waals surface area contributed by atoms with Crippen molar-refractivity contribution in [3.05, 3.63) is 56.2 Å². The topological polar surface area (TPSA) is 98.0 Å². The molecule has 0 aliphatic rings. The van der Waals surface area contributed by atoms with Gasteiger partial charge in [0.1, 0.15) is 0 Å². The summed E-state index contributed by atoms with van der Waals surface area (Å²) in [4.78, 5) is 22.1. The molecule has 0 saturated carbocycles. The number of rotatable bonds is 3. The van der Waals surface area contributed by atoms with Gasteiger partial charge in [-0.3, -0.25) is 14.9 Å². The normalized spacial score (nSPS) is 10.1. The number of nitrogens with zero attached hydrogens (tertiary/aromatic N) is 3. The first-order valence-electron chi connectivity index (χ1n) is 5.21. The van der Waals surface area contributed by atoms with E-state index >= 15 is 0 Å². The van der Waals surface area contributed by atoms with E-state index in [2.05, 4.69) is 15.5 Å². The van der Waals surface area contributed by atoms with Gasteiger partial charge in [-0.1, -0.05) is 23.2 Å². The largest absolute Gasteiger partial charge is 0.305 e. The molecule has 0 atom stereocenters. The number of non-ortho nitro benzene ring substituents is 1. The van der Waals surface area contributed by atoms with Gasteiger partial charge in [-0.25, -0.2) is 0 Å². The zero-order valence-electron chi connectivity index (χ0n) is 9.71. The van der Waals surface area contributed by atoms with Crippen molar-refractivity contribution in [3.63, 3.8) is 0 Å². The van der Waals surface area contributed by atoms with E-state index in [1.54, 1.807) is 6.07 Å². The van der Waals surface area contributed by atoms with Crippen LogP contribution in [0.5, 0.6) is 0 Å². The Morgan fingerprint density at radius 3 is 2.70 bits per heavy atom. The molecule has 7 nitrogen and oxygen atoms in total. The summed E-state index contributed by atoms with van der Waals surface area (Å²) in [6.07, 6.45) is 1.44. The van der Waals surface area contributed by atoms with Gasteiger partial charge in [0.2, 0.25) is 0 Å². The van der Waals surface area contributed by atoms with Crippen LogP contribution in [0.4, 0.5) is 11.5 Å². The van der Waals surface area contributed by atoms with E-state index in [1.165, 1.54) is 12.3 Å². The minimum atomic E-state index is -0.666. The molecule has 2 aromatic rings. The van der Waals surface area contributed by atoms with Gasteiger partial charge in [0.25, 0.3) is 11.6 Å². The molecule has 0 saturated heterocycles. The number of amides is 1. The van der Waals surface area contributed by atoms with Crippen LogP contribution in [0, 0.1) is 10.1 Å². The fraction of sp³-hybridized carbons (Fsp3) is 0. The van der Waals surface area contributed by atoms with Crippen LogP contribution in [0.2, 0.25) is 10.0 Å². The van der Waals surface area contributed by atoms with E-state index in [9.17, 15) is 14.9 Å². The van der Waals surface area contributed by atoms with Gasteiger partial charge in [0.15, 0.2) is 5.82 Å². The van der Waals surface area contributed by atoms with Crippen LogP contribution in [0.3, 0.4) is 0 Å². The van der Waals surface area contributed by atoms with Gasteiger partial charge in [0.05, 0.1) is 20.5 Å². The van der Waals surface area contributed by atoms with Crippen molar-refractivity contribution in [2.24, 2.45) is 0 Å². The smallest absolute Gasteiger partial charge is 0.271 e. The molecule has 1 N–H and O–H groups in total. The molecule has 102 valence electrons. The van der Waals surface area contributed by atoms with E-state index in [0.717, 1.165) is 12.1 Å². The minimum Gasteiger partial charge on any atom is -0.305 e. The van der Waals surface area contributed by atoms with Gasteiger partial charge in [-0.15, -0.1) is 5.10 Å². The number of halogens is 2. The van der Waals surface area contributed by atoms with Crippen LogP contribution in [-0.2, 0) is 0 Å². The van der Waals surface area contributed by atoms with Crippen LogP contribution in [0.25, 0.3) is 0 Å². The van der Waals surface area contributed by atoms with E-state index in [-0.39, 0.29) is 27.1 Å². The molecule has 0 radical (unpaired) electrons. The highest BCUT2D eigenvalue weighted by Crippen LogP contribution is 2.31. The summed E-state index contributed by atoms with van der Waals surface area (Å²) < 4.78 is 0. The first kappa shape index (κ1) is 14.2. The first-order valence-corrected chi connectivity index (χ1v) is 5.97. The van der Waals surface area contributed by atoms with Crippen molar-refractivity contribution < 1.29 is 9.72 Å². The SMILES string of the molecule is O=C(Nc1cccnn1)c1cc([N+](=O)[O-])cc(Cl)c1Cl. The highest BCUT2D eigenvalue weighted by atomic mass is 35.5. The Morgan fingerprint density at radius 1 is 1.35 bits per heavy atom. The van der Waals surface area contributed by atoms with Crippen molar-refractivity contribution in [2.75, 3.05) is 5.32 Å². The van der Waals surface area contributed by atoms with Crippen molar-refractivity contribution in [1.29, 1.82) is 0 Å². The third-order valence-electron chi connectivity index (χ3n) is 2.28. The average Bonchev–Trinajstić information content (AvgIpc) is 2.42. The molecular weight excluding hydrogens is 307 g/mol. The molecule has 1 aromatic heterocycles. The zero-order valence-corrected chi connectivity index (χ0v) is 11.2. The van der Waals surface area contributed by atoms with Crippen molar-refractivity contribution >= 4 is 40.6 Å². The Kier molecular flexibility index (Phi) is 4.11. The monoisotopic (exact) mass is 312 g/mol. The molecule has 1 aromatic carbocycles. The average molecular weight is 313 g/mol. The molecular formula is C11H6Cl2N4O3. The highest BCUT2D eigenvalue weighted by molar-refractivity contribution is 6.44. The van der Waals surface area contributed by atoms with E-state index in [0.29, 0.717) is 0 Å². The maximum atomic E-state index is 12.0. The number of aromatic nitrogens is 2. The van der Waals surface area contributed by atoms with Crippen LogP contribution >= 0.6 is 23.2 Å². The lowest BCUT2D eigenvalue weighted by molar-refractivity contribution is -0.384. The van der Waals surface area contributed by atoms with Crippen LogP contribution in [0.15, 0.2) is 30.5 Å². The van der Waals surface area contributed by atoms with Gasteiger partial charge in [0, 0.05) is 18.3 Å². The molecule has 0 aliphatic heterocycles. The summed E-state index contributed by atoms with van der Waals surface area (Å²) in [5.41, 5.74) is -0.444. The molecule has 0 fully saturated rings. The van der Waals surface area contributed by atoms with Crippen molar-refractivity contribution in [1.82, 2.24) is 10.2 Å². The number of anilines is 1. The van der Waals surface area contributed by atoms with Gasteiger partial charge < -0.3 is 5.32 Å². The summed E-state index contributed by atoms with van der Waals surface area (Å²) >= 11 is 11.6. The summed E-state index contributed by atoms with van der Waals surface area (Å²) in [6.45, 7) is 0. The standard InChI is InChI=1S/C11H6Cl2N4O3/c12-8-5-6(17(19)20)4-7(10(8)13)11(18)15-9-2-1-3-14-16-9/h1-5H,(H,15,16,18). The Hall–Kier alpha value is -2.25. The summed E-state index contributed by atoms with van der Waals surface area (Å²) in [7, 11) is 0. The van der Waals surface area contributed by atoms with Crippen LogP contribution in [-0.4, -0.2) is 21.0 Å². The number of nitro benzene ring substituents is 1. The van der Waals surface area contributed by atoms with E-state index in [4.69, 9.17) is 23.2 Å². The van der Waals surface area contributed by atoms with Crippen molar-refractivity contribution in [3.8, 4) is 0 Å². The van der Waals surface area contributed by atoms with Gasteiger partial charge in [-0.05, 0) is 12.1 Å². The van der Waals surface area contributed by atoms with E-state index < -0.39 is 10.8 Å². The second kappa shape index (κ2) is 5.81. The summed E-state index contributed by atoms with van der Waals surface area (Å²) in [6, 6.07) is 5.20. The maximum absolute atomic E-state index is 12.0. The molecule has 0 aliphatic carbocycles. The molecule has 9 heteroatoms. The third-order valence-corrected chi connectivity index (χ3v) is 3.08. The Bertz CT molecular complexity index is 679. The number of carbonyl (C=O) groups excluding carboxylic acids is 1. The fourth-order valence-electron chi connectivity index (χ4n) is 1.40. The number of nitro groups is 1. The number of carbonyl (C=O) groups is 1. The quantitative estimate of drug-likeness (QED) is 0.694. The van der Waals surface area contributed by atoms with Crippen LogP contribution < -0.4 is 5.32 Å². The second-order valence-corrected chi connectivity index (χ2v) is 4.39. The molecule has 0 spiro atoms. The lowest BCUT2D eigenvalue weighted by atomic mass is 10.2. The number of benzene rings is 1. The molecule has 1 heterocycles. The number of nitrogens with one attached hydrogen (secondary N) is 1. The molecule has 0 bridgehead atoms. The number of hydrogen-bond acceptors (Lipinski definition) is 5.